The Balaban J connectivity index is 2.06. The monoisotopic (exact) mass is 429 g/mol. The quantitative estimate of drug-likeness (QED) is 0.347. The van der Waals surface area contributed by atoms with Crippen LogP contribution in [0.5, 0.6) is 17.2 Å². The molecule has 0 aliphatic carbocycles. The summed E-state index contributed by atoms with van der Waals surface area (Å²) in [6.45, 7) is 3.89. The van der Waals surface area contributed by atoms with Crippen LogP contribution in [0.3, 0.4) is 0 Å². The molecule has 2 aromatic rings. The molecule has 0 aromatic heterocycles. The fourth-order valence-electron chi connectivity index (χ4n) is 2.40. The van der Waals surface area contributed by atoms with Crippen molar-refractivity contribution < 1.29 is 19.0 Å². The molecular weight excluding hydrogens is 410 g/mol. The van der Waals surface area contributed by atoms with Gasteiger partial charge in [0.1, 0.15) is 5.75 Å². The highest BCUT2D eigenvalue weighted by molar-refractivity contribution is 9.10. The largest absolute Gasteiger partial charge is 0.493 e. The Morgan fingerprint density at radius 2 is 1.93 bits per heavy atom. The lowest BCUT2D eigenvalue weighted by Gasteiger charge is -2.14. The molecule has 0 unspecified atom stereocenters. The predicted octanol–water partition coefficient (Wildman–Crippen LogP) is 5.10. The molecule has 0 aliphatic rings. The third-order valence-electron chi connectivity index (χ3n) is 3.70. The summed E-state index contributed by atoms with van der Waals surface area (Å²) < 4.78 is 17.2. The molecule has 5 nitrogen and oxygen atoms in total. The van der Waals surface area contributed by atoms with Crippen LogP contribution in [0.15, 0.2) is 46.9 Å². The summed E-state index contributed by atoms with van der Waals surface area (Å²) in [5, 5.41) is 8.60. The highest BCUT2D eigenvalue weighted by atomic mass is 79.9. The van der Waals surface area contributed by atoms with Crippen molar-refractivity contribution in [2.75, 3.05) is 13.7 Å². The van der Waals surface area contributed by atoms with E-state index in [-0.39, 0.29) is 12.5 Å². The van der Waals surface area contributed by atoms with Gasteiger partial charge in [0.2, 0.25) is 0 Å². The van der Waals surface area contributed by atoms with E-state index in [4.69, 9.17) is 19.5 Å². The van der Waals surface area contributed by atoms with Gasteiger partial charge in [0.25, 0.3) is 0 Å². The number of nitrogens with zero attached hydrogens (tertiary/aromatic N) is 1. The number of carbonyl (C=O) groups is 1. The van der Waals surface area contributed by atoms with Gasteiger partial charge in [-0.2, -0.15) is 5.26 Å². The highest BCUT2D eigenvalue weighted by Crippen LogP contribution is 2.31. The maximum Gasteiger partial charge on any atom is 0.349 e. The molecule has 0 saturated carbocycles. The van der Waals surface area contributed by atoms with E-state index in [1.165, 1.54) is 13.2 Å². The highest BCUT2D eigenvalue weighted by Gasteiger charge is 2.14. The molecule has 0 radical (unpaired) electrons. The minimum Gasteiger partial charge on any atom is -0.493 e. The summed E-state index contributed by atoms with van der Waals surface area (Å²) in [6, 6.07) is 12.6. The zero-order chi connectivity index (χ0) is 19.8. The third-order valence-corrected chi connectivity index (χ3v) is 4.19. The normalized spacial score (nSPS) is 10.7. The first kappa shape index (κ1) is 20.5. The summed E-state index contributed by atoms with van der Waals surface area (Å²) in [6.07, 6.45) is 3.00. The van der Waals surface area contributed by atoms with Gasteiger partial charge < -0.3 is 14.2 Å². The molecule has 0 saturated heterocycles. The Morgan fingerprint density at radius 1 is 1.19 bits per heavy atom. The van der Waals surface area contributed by atoms with Crippen LogP contribution in [-0.4, -0.2) is 19.7 Å². The fraction of sp³-hybridized carbons (Fsp3) is 0.238. The van der Waals surface area contributed by atoms with Crippen molar-refractivity contribution in [1.82, 2.24) is 0 Å². The van der Waals surface area contributed by atoms with Gasteiger partial charge in [-0.05, 0) is 53.5 Å². The molecule has 2 aromatic carbocycles. The number of rotatable bonds is 7. The number of carbonyl (C=O) groups excluding carboxylic acids is 1. The van der Waals surface area contributed by atoms with Crippen molar-refractivity contribution in [3.05, 3.63) is 58.1 Å². The number of allylic oxidation sites excluding steroid dienone is 1. The molecule has 0 heterocycles. The number of nitriles is 1. The number of esters is 1. The first-order valence-electron chi connectivity index (χ1n) is 8.31. The minimum absolute atomic E-state index is 0.222. The van der Waals surface area contributed by atoms with Crippen molar-refractivity contribution in [2.45, 2.75) is 19.8 Å². The first-order valence-corrected chi connectivity index (χ1v) is 9.11. The molecule has 0 spiro atoms. The second-order valence-electron chi connectivity index (χ2n) is 5.97. The van der Waals surface area contributed by atoms with Gasteiger partial charge in [-0.25, -0.2) is 4.79 Å². The maximum atomic E-state index is 12.2. The van der Waals surface area contributed by atoms with E-state index in [1.54, 1.807) is 24.3 Å². The van der Waals surface area contributed by atoms with Gasteiger partial charge in [-0.1, -0.05) is 35.8 Å². The standard InChI is InChI=1S/C21H20BrNO4/c1-14(2)17-12-16(22)7-9-18(17)26-13-21(24)27-19-8-6-15(5-4-10-23)11-20(19)25-3/h4-9,11-12,14H,13H2,1-3H3/b5-4-. The predicted molar refractivity (Wildman–Crippen MR) is 107 cm³/mol. The van der Waals surface area contributed by atoms with Gasteiger partial charge >= 0.3 is 5.97 Å². The number of hydrogen-bond acceptors (Lipinski definition) is 5. The van der Waals surface area contributed by atoms with Crippen LogP contribution in [0.4, 0.5) is 0 Å². The van der Waals surface area contributed by atoms with E-state index in [0.29, 0.717) is 17.2 Å². The molecule has 0 fully saturated rings. The van der Waals surface area contributed by atoms with Gasteiger partial charge in [0, 0.05) is 10.5 Å². The van der Waals surface area contributed by atoms with Crippen LogP contribution >= 0.6 is 15.9 Å². The van der Waals surface area contributed by atoms with Crippen molar-refractivity contribution >= 4 is 28.0 Å². The van der Waals surface area contributed by atoms with Crippen LogP contribution in [0.2, 0.25) is 0 Å². The molecule has 27 heavy (non-hydrogen) atoms. The van der Waals surface area contributed by atoms with Crippen molar-refractivity contribution in [3.8, 4) is 23.3 Å². The van der Waals surface area contributed by atoms with Crippen molar-refractivity contribution in [3.63, 3.8) is 0 Å². The van der Waals surface area contributed by atoms with E-state index >= 15 is 0 Å². The van der Waals surface area contributed by atoms with Crippen molar-refractivity contribution in [2.24, 2.45) is 0 Å². The lowest BCUT2D eigenvalue weighted by molar-refractivity contribution is -0.136. The summed E-state index contributed by atoms with van der Waals surface area (Å²) >= 11 is 3.44. The Morgan fingerprint density at radius 3 is 2.59 bits per heavy atom. The van der Waals surface area contributed by atoms with Crippen LogP contribution in [-0.2, 0) is 4.79 Å². The minimum atomic E-state index is -0.536. The molecule has 0 aliphatic heterocycles. The summed E-state index contributed by atoms with van der Waals surface area (Å²) in [5.41, 5.74) is 1.77. The number of halogens is 1. The van der Waals surface area contributed by atoms with E-state index in [1.807, 2.05) is 24.3 Å². The average molecular weight is 430 g/mol. The van der Waals surface area contributed by atoms with Gasteiger partial charge in [0.05, 0.1) is 13.2 Å². The van der Waals surface area contributed by atoms with Gasteiger partial charge in [0.15, 0.2) is 18.1 Å². The lowest BCUT2D eigenvalue weighted by atomic mass is 10.0. The Kier molecular flexibility index (Phi) is 7.44. The average Bonchev–Trinajstić information content (AvgIpc) is 2.66. The number of methoxy groups -OCH3 is 1. The Hall–Kier alpha value is -2.78. The zero-order valence-corrected chi connectivity index (χ0v) is 16.9. The second kappa shape index (κ2) is 9.79. The van der Waals surface area contributed by atoms with E-state index in [2.05, 4.69) is 29.8 Å². The summed E-state index contributed by atoms with van der Waals surface area (Å²) in [4.78, 5) is 12.2. The second-order valence-corrected chi connectivity index (χ2v) is 6.89. The number of benzene rings is 2. The Labute approximate surface area is 167 Å². The van der Waals surface area contributed by atoms with Gasteiger partial charge in [-0.3, -0.25) is 0 Å². The first-order chi connectivity index (χ1) is 12.9. The van der Waals surface area contributed by atoms with Crippen LogP contribution in [0.25, 0.3) is 6.08 Å². The fourth-order valence-corrected chi connectivity index (χ4v) is 2.78. The lowest BCUT2D eigenvalue weighted by Crippen LogP contribution is -2.18. The van der Waals surface area contributed by atoms with E-state index in [9.17, 15) is 4.79 Å². The maximum absolute atomic E-state index is 12.2. The van der Waals surface area contributed by atoms with Crippen LogP contribution in [0, 0.1) is 11.3 Å². The SMILES string of the molecule is COc1cc(/C=C\C#N)ccc1OC(=O)COc1ccc(Br)cc1C(C)C. The molecule has 140 valence electrons. The topological polar surface area (TPSA) is 68.5 Å². The van der Waals surface area contributed by atoms with E-state index in [0.717, 1.165) is 15.6 Å². The summed E-state index contributed by atoms with van der Waals surface area (Å²) in [5.74, 6) is 1.05. The molecule has 0 atom stereocenters. The number of ether oxygens (including phenoxy) is 3. The smallest absolute Gasteiger partial charge is 0.349 e. The zero-order valence-electron chi connectivity index (χ0n) is 15.4. The summed E-state index contributed by atoms with van der Waals surface area (Å²) in [7, 11) is 1.48. The van der Waals surface area contributed by atoms with E-state index < -0.39 is 5.97 Å². The Bertz CT molecular complexity index is 884. The number of hydrogen-bond donors (Lipinski definition) is 0. The molecule has 0 N–H and O–H groups in total. The van der Waals surface area contributed by atoms with Gasteiger partial charge in [-0.15, -0.1) is 0 Å². The van der Waals surface area contributed by atoms with Crippen LogP contribution in [0.1, 0.15) is 30.9 Å². The molecule has 0 amide bonds. The third kappa shape index (κ3) is 5.87. The van der Waals surface area contributed by atoms with Crippen molar-refractivity contribution in [1.29, 1.82) is 5.26 Å². The molecule has 0 bridgehead atoms. The van der Waals surface area contributed by atoms with Crippen LogP contribution < -0.4 is 14.2 Å². The molecular formula is C21H20BrNO4. The molecule has 6 heteroatoms. The molecule has 2 rings (SSSR count).